The monoisotopic (exact) mass is 812 g/mol. The molecule has 2 heterocycles. The van der Waals surface area contributed by atoms with Crippen LogP contribution < -0.4 is 20.1 Å². The first kappa shape index (κ1) is 41.2. The summed E-state index contributed by atoms with van der Waals surface area (Å²) in [6.07, 6.45) is 8.05. The van der Waals surface area contributed by atoms with Crippen molar-refractivity contribution in [3.63, 3.8) is 0 Å². The first-order valence-electron chi connectivity index (χ1n) is 18.7. The molecule has 0 bridgehead atoms. The van der Waals surface area contributed by atoms with Crippen molar-refractivity contribution < 1.29 is 40.3 Å². The summed E-state index contributed by atoms with van der Waals surface area (Å²) in [5, 5.41) is 10.3. The third kappa shape index (κ3) is 9.07. The van der Waals surface area contributed by atoms with Crippen LogP contribution in [0.1, 0.15) is 68.2 Å². The normalized spacial score (nSPS) is 14.0. The number of nitrogens with zero attached hydrogens (tertiary/aromatic N) is 4. The fourth-order valence-corrected chi connectivity index (χ4v) is 8.26. The van der Waals surface area contributed by atoms with Gasteiger partial charge in [0.2, 0.25) is 0 Å². The fourth-order valence-electron chi connectivity index (χ4n) is 6.96. The lowest BCUT2D eigenvalue weighted by atomic mass is 9.88. The van der Waals surface area contributed by atoms with Gasteiger partial charge >= 0.3 is 0 Å². The number of carbonyl (C=O) groups is 2. The van der Waals surface area contributed by atoms with E-state index in [9.17, 15) is 35.5 Å². The largest absolute Gasteiger partial charge is 0.456 e. The molecular weight excluding hydrogens is 769 g/mol. The molecule has 0 atom stereocenters. The van der Waals surface area contributed by atoms with Gasteiger partial charge in [0.05, 0.1) is 16.3 Å². The molecule has 57 heavy (non-hydrogen) atoms. The molecule has 0 aromatic heterocycles. The minimum atomic E-state index is -5.01. The van der Waals surface area contributed by atoms with E-state index in [0.717, 1.165) is 59.8 Å². The lowest BCUT2D eigenvalue weighted by molar-refractivity contribution is -0.136. The van der Waals surface area contributed by atoms with Gasteiger partial charge in [-0.3, -0.25) is 23.6 Å². The van der Waals surface area contributed by atoms with Crippen molar-refractivity contribution in [1.82, 2.24) is 4.90 Å². The summed E-state index contributed by atoms with van der Waals surface area (Å²) in [7, 11) is -7.91. The molecule has 298 valence electrons. The minimum Gasteiger partial charge on any atom is -0.456 e. The number of ether oxygens (including phenoxy) is 1. The van der Waals surface area contributed by atoms with Crippen molar-refractivity contribution >= 4 is 61.3 Å². The van der Waals surface area contributed by atoms with Gasteiger partial charge in [0.1, 0.15) is 16.4 Å². The molecule has 6 rings (SSSR count). The number of amides is 2. The molecule has 13 nitrogen and oxygen atoms in total. The van der Waals surface area contributed by atoms with Gasteiger partial charge in [-0.2, -0.15) is 27.1 Å². The number of benzene rings is 4. The molecule has 0 unspecified atom stereocenters. The molecule has 2 aliphatic rings. The van der Waals surface area contributed by atoms with Crippen LogP contribution >= 0.6 is 0 Å². The zero-order valence-corrected chi connectivity index (χ0v) is 33.6. The maximum atomic E-state index is 12.9. The molecule has 15 heteroatoms. The molecule has 0 spiro atoms. The fraction of sp³-hybridized carbons (Fsp3) is 0.286. The van der Waals surface area contributed by atoms with Crippen molar-refractivity contribution in [2.45, 2.75) is 68.6 Å². The van der Waals surface area contributed by atoms with Gasteiger partial charge in [0.15, 0.2) is 0 Å². The summed E-state index contributed by atoms with van der Waals surface area (Å²) in [6.45, 7) is 9.53. The Morgan fingerprint density at radius 1 is 0.772 bits per heavy atom. The smallest absolute Gasteiger partial charge is 0.295 e. The van der Waals surface area contributed by atoms with Gasteiger partial charge in [-0.05, 0) is 97.5 Å². The number of fused-ring (bicyclic) bond motifs is 2. The number of azo groups is 1. The molecule has 0 saturated heterocycles. The van der Waals surface area contributed by atoms with Crippen LogP contribution in [0.3, 0.4) is 0 Å². The summed E-state index contributed by atoms with van der Waals surface area (Å²) in [4.78, 5) is 25.5. The van der Waals surface area contributed by atoms with E-state index < -0.39 is 30.0 Å². The quantitative estimate of drug-likeness (QED) is 0.0611. The number of aryl methyl sites for hydroxylation is 1. The highest BCUT2D eigenvalue weighted by molar-refractivity contribution is 7.86. The molecule has 4 aromatic carbocycles. The topological polar surface area (TPSA) is 183 Å². The Hall–Kier alpha value is -5.48. The van der Waals surface area contributed by atoms with Crippen LogP contribution in [0, 0.1) is 0 Å². The highest BCUT2D eigenvalue weighted by Gasteiger charge is 2.29. The lowest BCUT2D eigenvalue weighted by Crippen LogP contribution is -2.33. The van der Waals surface area contributed by atoms with E-state index in [-0.39, 0.29) is 17.4 Å². The van der Waals surface area contributed by atoms with Gasteiger partial charge in [-0.15, -0.1) is 0 Å². The van der Waals surface area contributed by atoms with E-state index in [1.807, 2.05) is 42.3 Å². The molecule has 0 aliphatic carbocycles. The second kappa shape index (κ2) is 16.9. The van der Waals surface area contributed by atoms with Crippen molar-refractivity contribution in [3.05, 3.63) is 112 Å². The first-order valence-corrected chi connectivity index (χ1v) is 21.5. The van der Waals surface area contributed by atoms with E-state index in [4.69, 9.17) is 4.74 Å². The Labute approximate surface area is 332 Å². The van der Waals surface area contributed by atoms with Gasteiger partial charge in [0.25, 0.3) is 32.1 Å². The van der Waals surface area contributed by atoms with Crippen LogP contribution in [0.5, 0.6) is 11.5 Å². The third-order valence-corrected chi connectivity index (χ3v) is 11.8. The van der Waals surface area contributed by atoms with E-state index in [1.165, 1.54) is 23.1 Å². The van der Waals surface area contributed by atoms with Gasteiger partial charge < -0.3 is 9.64 Å². The Bertz CT molecular complexity index is 2620. The van der Waals surface area contributed by atoms with E-state index in [2.05, 4.69) is 30.7 Å². The second-order valence-electron chi connectivity index (χ2n) is 14.0. The predicted molar refractivity (Wildman–Crippen MR) is 217 cm³/mol. The maximum Gasteiger partial charge on any atom is 0.295 e. The summed E-state index contributed by atoms with van der Waals surface area (Å²) < 4.78 is 76.8. The third-order valence-electron chi connectivity index (χ3n) is 10.0. The van der Waals surface area contributed by atoms with E-state index in [0.29, 0.717) is 71.6 Å². The minimum absolute atomic E-state index is 0.0184. The number of rotatable bonds is 16. The van der Waals surface area contributed by atoms with Crippen molar-refractivity contribution in [2.24, 2.45) is 10.2 Å². The van der Waals surface area contributed by atoms with Crippen LogP contribution in [-0.2, 0) is 42.7 Å². The standard InChI is InChI=1S/C42H44N4O9S2/c1-5-7-10-28-24-36-41(35-19-17-32(56(49,50)51)26-38(35)57(52,53)54)34-18-14-30(25-37(34)55-42(36)33(27(28)3)11-8-6-2)44-43-29-12-15-31(16-13-29)45(4)22-9-23-46-39(47)20-21-40(46)48/h12-21,24-26H,3,5-11,22-23H2,1-2,4H3,(H,49,50,51)(H,52,53,54). The van der Waals surface area contributed by atoms with E-state index in [1.54, 1.807) is 18.2 Å². The molecule has 0 fully saturated rings. The molecule has 0 saturated carbocycles. The summed E-state index contributed by atoms with van der Waals surface area (Å²) >= 11 is 0. The van der Waals surface area contributed by atoms with Crippen molar-refractivity contribution in [3.8, 4) is 11.5 Å². The first-order chi connectivity index (χ1) is 27.1. The average molecular weight is 813 g/mol. The maximum absolute atomic E-state index is 12.9. The highest BCUT2D eigenvalue weighted by atomic mass is 32.2. The van der Waals surface area contributed by atoms with Crippen LogP contribution in [0.2, 0.25) is 0 Å². The highest BCUT2D eigenvalue weighted by Crippen LogP contribution is 2.42. The number of carbonyl (C=O) groups excluding carboxylic acids is 2. The second-order valence-corrected chi connectivity index (χ2v) is 16.8. The summed E-state index contributed by atoms with van der Waals surface area (Å²) in [6, 6.07) is 17.5. The van der Waals surface area contributed by atoms with Gasteiger partial charge in [-0.1, -0.05) is 39.3 Å². The molecule has 2 N–H and O–H groups in total. The molecular formula is C42H44N4O9S2. The number of imide groups is 1. The van der Waals surface area contributed by atoms with Gasteiger partial charge in [0, 0.05) is 71.5 Å². The SMILES string of the molecule is C=c1c(CCCC)cc2c(c1CCCC)Oc1cc(N=Nc3ccc(N(C)CCCN4C(=O)C=CC4=O)cc3)ccc1C=2c1ccc(S(=O)(=O)O)cc1S(=O)(=O)O. The lowest BCUT2D eigenvalue weighted by Gasteiger charge is -2.25. The Morgan fingerprint density at radius 2 is 1.40 bits per heavy atom. The number of hydrogen-bond acceptors (Lipinski definition) is 10. The van der Waals surface area contributed by atoms with Gasteiger partial charge in [-0.25, -0.2) is 0 Å². The van der Waals surface area contributed by atoms with Crippen LogP contribution in [0.25, 0.3) is 12.2 Å². The molecule has 0 radical (unpaired) electrons. The van der Waals surface area contributed by atoms with Crippen LogP contribution in [-0.4, -0.2) is 62.8 Å². The van der Waals surface area contributed by atoms with Crippen molar-refractivity contribution in [2.75, 3.05) is 25.0 Å². The summed E-state index contributed by atoms with van der Waals surface area (Å²) in [5.74, 6) is 0.204. The van der Waals surface area contributed by atoms with Crippen molar-refractivity contribution in [1.29, 1.82) is 0 Å². The molecule has 4 aromatic rings. The zero-order valence-electron chi connectivity index (χ0n) is 31.9. The molecule has 2 amide bonds. The summed E-state index contributed by atoms with van der Waals surface area (Å²) in [5.41, 5.74) is 4.60. The number of unbranched alkanes of at least 4 members (excludes halogenated alkanes) is 2. The Kier molecular flexibility index (Phi) is 12.2. The number of anilines is 1. The average Bonchev–Trinajstić information content (AvgIpc) is 3.50. The Morgan fingerprint density at radius 3 is 2.05 bits per heavy atom. The number of hydrogen-bond donors (Lipinski definition) is 2. The zero-order chi connectivity index (χ0) is 41.1. The van der Waals surface area contributed by atoms with E-state index >= 15 is 0 Å². The Balaban J connectivity index is 1.38. The van der Waals surface area contributed by atoms with Crippen LogP contribution in [0.15, 0.2) is 98.9 Å². The van der Waals surface area contributed by atoms with Crippen LogP contribution in [0.4, 0.5) is 17.1 Å². The molecule has 2 aliphatic heterocycles. The predicted octanol–water partition coefficient (Wildman–Crippen LogP) is 6.80.